The number of anilines is 2. The molecule has 0 aliphatic carbocycles. The molecule has 2 aromatic carbocycles. The highest BCUT2D eigenvalue weighted by Gasteiger charge is 2.38. The van der Waals surface area contributed by atoms with E-state index in [0.717, 1.165) is 37.6 Å². The molecule has 168 valence electrons. The standard InChI is InChI=1S/C26H36N2O3/c1-7-27(8-2)23-17-13-11-15-21(23)26(30,19-31-25(29)20(5)6)22-16-12-14-18-24(22)28(9-3)10-4/h11-18,30H,5,7-10,19H2,1-4,6H3. The van der Waals surface area contributed by atoms with Crippen LogP contribution < -0.4 is 9.80 Å². The molecule has 2 aromatic rings. The van der Waals surface area contributed by atoms with E-state index in [1.165, 1.54) is 0 Å². The number of esters is 1. The minimum Gasteiger partial charge on any atom is -0.459 e. The van der Waals surface area contributed by atoms with E-state index in [1.54, 1.807) is 6.92 Å². The molecule has 0 fully saturated rings. The summed E-state index contributed by atoms with van der Waals surface area (Å²) in [5.74, 6) is -0.515. The van der Waals surface area contributed by atoms with Gasteiger partial charge in [-0.1, -0.05) is 43.0 Å². The number of rotatable bonds is 11. The average Bonchev–Trinajstić information content (AvgIpc) is 2.79. The molecule has 31 heavy (non-hydrogen) atoms. The van der Waals surface area contributed by atoms with E-state index in [0.29, 0.717) is 16.7 Å². The normalized spacial score (nSPS) is 11.2. The lowest BCUT2D eigenvalue weighted by molar-refractivity contribution is -0.145. The predicted molar refractivity (Wildman–Crippen MR) is 129 cm³/mol. The van der Waals surface area contributed by atoms with Gasteiger partial charge in [0, 0.05) is 54.3 Å². The number of carbonyl (C=O) groups is 1. The van der Waals surface area contributed by atoms with Crippen LogP contribution in [0.25, 0.3) is 0 Å². The van der Waals surface area contributed by atoms with Crippen molar-refractivity contribution >= 4 is 17.3 Å². The number of benzene rings is 2. The minimum absolute atomic E-state index is 0.199. The lowest BCUT2D eigenvalue weighted by atomic mass is 9.84. The number of para-hydroxylation sites is 2. The molecule has 0 amide bonds. The molecule has 0 heterocycles. The van der Waals surface area contributed by atoms with Crippen LogP contribution in [0.2, 0.25) is 0 Å². The Hall–Kier alpha value is -2.79. The Morgan fingerprint density at radius 3 is 1.61 bits per heavy atom. The molecule has 0 radical (unpaired) electrons. The molecular formula is C26H36N2O3. The number of carbonyl (C=O) groups excluding carboxylic acids is 1. The number of hydrogen-bond donors (Lipinski definition) is 1. The summed E-state index contributed by atoms with van der Waals surface area (Å²) in [6, 6.07) is 15.6. The zero-order valence-corrected chi connectivity index (χ0v) is 19.5. The summed E-state index contributed by atoms with van der Waals surface area (Å²) >= 11 is 0. The zero-order chi connectivity index (χ0) is 23.0. The Bertz CT molecular complexity index is 830. The van der Waals surface area contributed by atoms with Crippen molar-refractivity contribution in [2.24, 2.45) is 0 Å². The topological polar surface area (TPSA) is 53.0 Å². The lowest BCUT2D eigenvalue weighted by Gasteiger charge is -2.37. The van der Waals surface area contributed by atoms with E-state index in [2.05, 4.69) is 44.1 Å². The van der Waals surface area contributed by atoms with Gasteiger partial charge in [0.15, 0.2) is 5.60 Å². The second-order valence-electron chi connectivity index (χ2n) is 7.60. The van der Waals surface area contributed by atoms with Crippen LogP contribution in [0.1, 0.15) is 45.7 Å². The highest BCUT2D eigenvalue weighted by atomic mass is 16.5. The SMILES string of the molecule is C=C(C)C(=O)OCC(O)(c1ccccc1N(CC)CC)c1ccccc1N(CC)CC. The van der Waals surface area contributed by atoms with E-state index in [4.69, 9.17) is 4.74 Å². The van der Waals surface area contributed by atoms with Gasteiger partial charge in [-0.15, -0.1) is 0 Å². The Morgan fingerprint density at radius 2 is 1.26 bits per heavy atom. The first-order valence-corrected chi connectivity index (χ1v) is 11.1. The van der Waals surface area contributed by atoms with E-state index < -0.39 is 11.6 Å². The molecule has 5 nitrogen and oxygen atoms in total. The van der Waals surface area contributed by atoms with Gasteiger partial charge in [0.1, 0.15) is 6.61 Å². The third kappa shape index (κ3) is 5.28. The second kappa shape index (κ2) is 11.0. The van der Waals surface area contributed by atoms with Crippen LogP contribution in [0.4, 0.5) is 11.4 Å². The van der Waals surface area contributed by atoms with Crippen molar-refractivity contribution < 1.29 is 14.6 Å². The number of nitrogens with zero attached hydrogens (tertiary/aromatic N) is 2. The number of ether oxygens (including phenoxy) is 1. The van der Waals surface area contributed by atoms with Gasteiger partial charge >= 0.3 is 5.97 Å². The van der Waals surface area contributed by atoms with Crippen molar-refractivity contribution in [3.8, 4) is 0 Å². The predicted octanol–water partition coefficient (Wildman–Crippen LogP) is 4.73. The molecule has 0 aromatic heterocycles. The molecule has 5 heteroatoms. The largest absolute Gasteiger partial charge is 0.459 e. The molecule has 2 rings (SSSR count). The van der Waals surface area contributed by atoms with E-state index in [1.807, 2.05) is 48.5 Å². The van der Waals surface area contributed by atoms with Crippen LogP contribution in [0, 0.1) is 0 Å². The minimum atomic E-state index is -1.52. The van der Waals surface area contributed by atoms with Crippen molar-refractivity contribution in [3.63, 3.8) is 0 Å². The van der Waals surface area contributed by atoms with Gasteiger partial charge < -0.3 is 19.6 Å². The Balaban J connectivity index is 2.74. The Labute approximate surface area is 186 Å². The van der Waals surface area contributed by atoms with Crippen LogP contribution in [0.15, 0.2) is 60.7 Å². The van der Waals surface area contributed by atoms with Crippen molar-refractivity contribution in [2.75, 3.05) is 42.6 Å². The highest BCUT2D eigenvalue weighted by Crippen LogP contribution is 2.41. The van der Waals surface area contributed by atoms with Gasteiger partial charge in [-0.2, -0.15) is 0 Å². The van der Waals surface area contributed by atoms with E-state index in [9.17, 15) is 9.90 Å². The molecule has 0 unspecified atom stereocenters. The van der Waals surface area contributed by atoms with E-state index in [-0.39, 0.29) is 6.61 Å². The highest BCUT2D eigenvalue weighted by molar-refractivity contribution is 5.87. The molecule has 0 atom stereocenters. The molecule has 0 saturated carbocycles. The smallest absolute Gasteiger partial charge is 0.333 e. The summed E-state index contributed by atoms with van der Waals surface area (Å²) < 4.78 is 5.56. The molecule has 0 bridgehead atoms. The van der Waals surface area contributed by atoms with Gasteiger partial charge in [-0.3, -0.25) is 0 Å². The quantitative estimate of drug-likeness (QED) is 0.417. The first-order valence-electron chi connectivity index (χ1n) is 11.1. The van der Waals surface area contributed by atoms with Gasteiger partial charge in [0.25, 0.3) is 0 Å². The maximum absolute atomic E-state index is 12.3. The van der Waals surface area contributed by atoms with Crippen LogP contribution in [-0.2, 0) is 15.1 Å². The van der Waals surface area contributed by atoms with Crippen molar-refractivity contribution in [1.29, 1.82) is 0 Å². The number of hydrogen-bond acceptors (Lipinski definition) is 5. The first-order chi connectivity index (χ1) is 14.8. The summed E-state index contributed by atoms with van der Waals surface area (Å²) in [4.78, 5) is 16.7. The van der Waals surface area contributed by atoms with Crippen LogP contribution in [-0.4, -0.2) is 43.9 Å². The average molecular weight is 425 g/mol. The van der Waals surface area contributed by atoms with Crippen molar-refractivity contribution in [1.82, 2.24) is 0 Å². The van der Waals surface area contributed by atoms with Gasteiger partial charge in [-0.25, -0.2) is 4.79 Å². The summed E-state index contributed by atoms with van der Waals surface area (Å²) in [5, 5.41) is 12.3. The van der Waals surface area contributed by atoms with Gasteiger partial charge in [0.05, 0.1) is 0 Å². The fourth-order valence-corrected chi connectivity index (χ4v) is 3.92. The van der Waals surface area contributed by atoms with Crippen LogP contribution in [0.5, 0.6) is 0 Å². The Kier molecular flexibility index (Phi) is 8.69. The zero-order valence-electron chi connectivity index (χ0n) is 19.5. The molecule has 0 saturated heterocycles. The summed E-state index contributed by atoms with van der Waals surface area (Å²) in [6.07, 6.45) is 0. The van der Waals surface area contributed by atoms with Crippen LogP contribution in [0.3, 0.4) is 0 Å². The lowest BCUT2D eigenvalue weighted by Crippen LogP contribution is -2.38. The summed E-state index contributed by atoms with van der Waals surface area (Å²) in [5.41, 5.74) is 2.06. The third-order valence-electron chi connectivity index (χ3n) is 5.67. The second-order valence-corrected chi connectivity index (χ2v) is 7.60. The maximum Gasteiger partial charge on any atom is 0.333 e. The van der Waals surface area contributed by atoms with E-state index >= 15 is 0 Å². The fraction of sp³-hybridized carbons (Fsp3) is 0.423. The fourth-order valence-electron chi connectivity index (χ4n) is 3.92. The summed E-state index contributed by atoms with van der Waals surface area (Å²) in [6.45, 7) is 16.6. The molecule has 0 aliphatic rings. The van der Waals surface area contributed by atoms with Gasteiger partial charge in [0.2, 0.25) is 0 Å². The maximum atomic E-state index is 12.3. The monoisotopic (exact) mass is 424 g/mol. The van der Waals surface area contributed by atoms with Crippen molar-refractivity contribution in [2.45, 2.75) is 40.2 Å². The Morgan fingerprint density at radius 1 is 0.871 bits per heavy atom. The third-order valence-corrected chi connectivity index (χ3v) is 5.67. The molecule has 0 aliphatic heterocycles. The first kappa shape index (κ1) is 24.5. The number of aliphatic hydroxyl groups is 1. The summed E-state index contributed by atoms with van der Waals surface area (Å²) in [7, 11) is 0. The van der Waals surface area contributed by atoms with Crippen LogP contribution >= 0.6 is 0 Å². The molecule has 1 N–H and O–H groups in total. The van der Waals surface area contributed by atoms with Gasteiger partial charge in [-0.05, 0) is 46.8 Å². The molecule has 0 spiro atoms. The van der Waals surface area contributed by atoms with Crippen molar-refractivity contribution in [3.05, 3.63) is 71.8 Å². The molecular weight excluding hydrogens is 388 g/mol.